The van der Waals surface area contributed by atoms with Crippen molar-refractivity contribution in [3.05, 3.63) is 70.9 Å². The minimum absolute atomic E-state index is 0.00231. The first-order valence-electron chi connectivity index (χ1n) is 14.5. The highest BCUT2D eigenvalue weighted by Gasteiger charge is 2.26. The number of carbonyl (C=O) groups is 2. The molecule has 2 aromatic carbocycles. The maximum Gasteiger partial charge on any atom is 0.234 e. The molecule has 0 radical (unpaired) electrons. The van der Waals surface area contributed by atoms with Gasteiger partial charge in [-0.1, -0.05) is 54.4 Å². The van der Waals surface area contributed by atoms with Crippen molar-refractivity contribution in [1.29, 1.82) is 0 Å². The highest BCUT2D eigenvalue weighted by Crippen LogP contribution is 2.21. The molecule has 2 saturated heterocycles. The first-order chi connectivity index (χ1) is 19.5. The van der Waals surface area contributed by atoms with Crippen molar-refractivity contribution in [3.8, 4) is 0 Å². The topological polar surface area (TPSA) is 74.9 Å². The predicted molar refractivity (Wildman–Crippen MR) is 160 cm³/mol. The highest BCUT2D eigenvalue weighted by molar-refractivity contribution is 6.31. The van der Waals surface area contributed by atoms with E-state index < -0.39 is 0 Å². The van der Waals surface area contributed by atoms with Crippen LogP contribution in [0.15, 0.2) is 54.7 Å². The van der Waals surface area contributed by atoms with E-state index in [0.717, 1.165) is 61.3 Å². The van der Waals surface area contributed by atoms with Crippen molar-refractivity contribution in [2.45, 2.75) is 45.2 Å². The zero-order chi connectivity index (χ0) is 27.9. The normalized spacial score (nSPS) is 18.1. The number of hydrogen-bond donors (Lipinski definition) is 2. The lowest BCUT2D eigenvalue weighted by Crippen LogP contribution is -2.56. The van der Waals surface area contributed by atoms with Crippen molar-refractivity contribution < 1.29 is 9.59 Å². The lowest BCUT2D eigenvalue weighted by Gasteiger charge is -2.42. The van der Waals surface area contributed by atoms with E-state index in [-0.39, 0.29) is 17.9 Å². The summed E-state index contributed by atoms with van der Waals surface area (Å²) in [5.74, 6) is -0.0514. The number of aromatic nitrogens is 1. The molecule has 1 atom stereocenters. The molecule has 214 valence electrons. The number of amides is 2. The van der Waals surface area contributed by atoms with Gasteiger partial charge in [0.15, 0.2) is 0 Å². The molecule has 2 aliphatic heterocycles. The first-order valence-corrected chi connectivity index (χ1v) is 14.9. The first kappa shape index (κ1) is 28.6. The highest BCUT2D eigenvalue weighted by atomic mass is 35.5. The summed E-state index contributed by atoms with van der Waals surface area (Å²) < 4.78 is 0. The van der Waals surface area contributed by atoms with Crippen LogP contribution in [-0.4, -0.2) is 95.0 Å². The van der Waals surface area contributed by atoms with Crippen LogP contribution < -0.4 is 5.32 Å². The van der Waals surface area contributed by atoms with Crippen molar-refractivity contribution in [2.75, 3.05) is 52.4 Å². The van der Waals surface area contributed by atoms with Gasteiger partial charge in [0.25, 0.3) is 0 Å². The van der Waals surface area contributed by atoms with Gasteiger partial charge in [0, 0.05) is 81.4 Å². The number of benzene rings is 2. The lowest BCUT2D eigenvalue weighted by molar-refractivity contribution is -0.131. The largest absolute Gasteiger partial charge is 0.361 e. The number of rotatable bonds is 10. The molecule has 0 spiro atoms. The molecule has 1 unspecified atom stereocenters. The van der Waals surface area contributed by atoms with E-state index in [1.165, 1.54) is 19.3 Å². The van der Waals surface area contributed by atoms with Gasteiger partial charge in [0.05, 0.1) is 12.6 Å². The zero-order valence-electron chi connectivity index (χ0n) is 23.4. The second-order valence-corrected chi connectivity index (χ2v) is 11.5. The number of H-pyrrole nitrogens is 1. The average molecular weight is 565 g/mol. The van der Waals surface area contributed by atoms with Gasteiger partial charge in [-0.05, 0) is 42.5 Å². The molecule has 2 N–H and O–H groups in total. The minimum Gasteiger partial charge on any atom is -0.361 e. The Labute approximate surface area is 242 Å². The quantitative estimate of drug-likeness (QED) is 0.390. The van der Waals surface area contributed by atoms with Crippen LogP contribution in [0.1, 0.15) is 37.3 Å². The fourth-order valence-corrected chi connectivity index (χ4v) is 6.14. The number of fused-ring (bicyclic) bond motifs is 1. The molecular formula is C31H41ClN6O2. The molecule has 3 aromatic rings. The molecule has 0 aliphatic carbocycles. The Morgan fingerprint density at radius 3 is 2.38 bits per heavy atom. The van der Waals surface area contributed by atoms with Crippen LogP contribution in [0.3, 0.4) is 0 Å². The Morgan fingerprint density at radius 2 is 1.62 bits per heavy atom. The molecule has 9 heteroatoms. The molecule has 2 aliphatic rings. The number of piperidine rings is 1. The summed E-state index contributed by atoms with van der Waals surface area (Å²) in [6, 6.07) is 15.5. The Kier molecular flexibility index (Phi) is 9.75. The van der Waals surface area contributed by atoms with Crippen LogP contribution in [0.25, 0.3) is 10.9 Å². The Balaban J connectivity index is 1.24. The standard InChI is InChI=1S/C31H41ClN6O2/c1-24(39)36(21-25-9-3-5-11-29(25)32)22-27(19-26-20-33-30-12-6-4-10-28(26)30)34-31(40)23-35-15-17-38(18-16-35)37-13-7-2-8-14-37/h3-6,9-12,20,27,33H,2,7-8,13-19,21-23H2,1H3,(H,34,40). The molecule has 2 fully saturated rings. The van der Waals surface area contributed by atoms with Gasteiger partial charge in [-0.15, -0.1) is 0 Å². The summed E-state index contributed by atoms with van der Waals surface area (Å²) >= 11 is 6.42. The van der Waals surface area contributed by atoms with Crippen LogP contribution >= 0.6 is 11.6 Å². The Hall–Kier alpha value is -2.91. The fourth-order valence-electron chi connectivity index (χ4n) is 5.94. The Morgan fingerprint density at radius 1 is 0.925 bits per heavy atom. The summed E-state index contributed by atoms with van der Waals surface area (Å²) in [5, 5.41) is 10.0. The number of hydrazine groups is 1. The smallest absolute Gasteiger partial charge is 0.234 e. The molecule has 0 bridgehead atoms. The number of nitrogens with one attached hydrogen (secondary N) is 2. The van der Waals surface area contributed by atoms with E-state index in [4.69, 9.17) is 11.6 Å². The van der Waals surface area contributed by atoms with Crippen molar-refractivity contribution >= 4 is 34.3 Å². The number of piperazine rings is 1. The number of halogens is 1. The van der Waals surface area contributed by atoms with Gasteiger partial charge < -0.3 is 15.2 Å². The van der Waals surface area contributed by atoms with Crippen LogP contribution in [0.5, 0.6) is 0 Å². The number of aromatic amines is 1. The van der Waals surface area contributed by atoms with E-state index in [1.807, 2.05) is 42.6 Å². The molecule has 1 aromatic heterocycles. The van der Waals surface area contributed by atoms with E-state index >= 15 is 0 Å². The molecular weight excluding hydrogens is 524 g/mol. The van der Waals surface area contributed by atoms with Crippen LogP contribution in [0.4, 0.5) is 0 Å². The van der Waals surface area contributed by atoms with Gasteiger partial charge in [-0.3, -0.25) is 14.5 Å². The zero-order valence-corrected chi connectivity index (χ0v) is 24.2. The summed E-state index contributed by atoms with van der Waals surface area (Å²) in [5.41, 5.74) is 3.08. The SMILES string of the molecule is CC(=O)N(Cc1ccccc1Cl)CC(Cc1c[nH]c2ccccc12)NC(=O)CN1CCN(N2CCCCC2)CC1. The van der Waals surface area contributed by atoms with Gasteiger partial charge in [0.1, 0.15) is 0 Å². The third kappa shape index (κ3) is 7.43. The predicted octanol–water partition coefficient (Wildman–Crippen LogP) is 3.92. The summed E-state index contributed by atoms with van der Waals surface area (Å²) in [4.78, 5) is 33.4. The van der Waals surface area contributed by atoms with E-state index in [1.54, 1.807) is 11.8 Å². The van der Waals surface area contributed by atoms with E-state index in [2.05, 4.69) is 37.4 Å². The van der Waals surface area contributed by atoms with Crippen molar-refractivity contribution in [1.82, 2.24) is 30.1 Å². The number of carbonyl (C=O) groups excluding carboxylic acids is 2. The van der Waals surface area contributed by atoms with Gasteiger partial charge in [-0.25, -0.2) is 10.0 Å². The second kappa shape index (κ2) is 13.6. The van der Waals surface area contributed by atoms with Gasteiger partial charge >= 0.3 is 0 Å². The maximum absolute atomic E-state index is 13.4. The van der Waals surface area contributed by atoms with Crippen LogP contribution in [0.2, 0.25) is 5.02 Å². The number of hydrogen-bond acceptors (Lipinski definition) is 5. The third-order valence-electron chi connectivity index (χ3n) is 8.16. The number of nitrogens with zero attached hydrogens (tertiary/aromatic N) is 4. The van der Waals surface area contributed by atoms with Gasteiger partial charge in [-0.2, -0.15) is 0 Å². The average Bonchev–Trinajstić information content (AvgIpc) is 3.37. The van der Waals surface area contributed by atoms with E-state index in [9.17, 15) is 9.59 Å². The van der Waals surface area contributed by atoms with Gasteiger partial charge in [0.2, 0.25) is 11.8 Å². The van der Waals surface area contributed by atoms with Crippen LogP contribution in [0, 0.1) is 0 Å². The van der Waals surface area contributed by atoms with Crippen molar-refractivity contribution in [2.24, 2.45) is 0 Å². The molecule has 2 amide bonds. The molecule has 5 rings (SSSR count). The third-order valence-corrected chi connectivity index (χ3v) is 8.53. The molecule has 3 heterocycles. The second-order valence-electron chi connectivity index (χ2n) is 11.1. The maximum atomic E-state index is 13.4. The lowest BCUT2D eigenvalue weighted by atomic mass is 10.0. The molecule has 8 nitrogen and oxygen atoms in total. The molecule has 0 saturated carbocycles. The van der Waals surface area contributed by atoms with Crippen molar-refractivity contribution in [3.63, 3.8) is 0 Å². The summed E-state index contributed by atoms with van der Waals surface area (Å²) in [7, 11) is 0. The summed E-state index contributed by atoms with van der Waals surface area (Å²) in [6.07, 6.45) is 6.50. The molecule has 40 heavy (non-hydrogen) atoms. The van der Waals surface area contributed by atoms with Crippen LogP contribution in [-0.2, 0) is 22.6 Å². The Bertz CT molecular complexity index is 1280. The summed E-state index contributed by atoms with van der Waals surface area (Å²) in [6.45, 7) is 8.71. The fraction of sp³-hybridized carbons (Fsp3) is 0.484. The monoisotopic (exact) mass is 564 g/mol. The van der Waals surface area contributed by atoms with E-state index in [0.29, 0.717) is 31.1 Å². The number of para-hydroxylation sites is 1. The minimum atomic E-state index is -0.243.